The fourth-order valence-electron chi connectivity index (χ4n) is 4.78. The van der Waals surface area contributed by atoms with Crippen molar-refractivity contribution in [2.75, 3.05) is 33.9 Å². The largest absolute Gasteiger partial charge is 0.417 e. The van der Waals surface area contributed by atoms with Crippen LogP contribution >= 0.6 is 0 Å². The number of aliphatic hydroxyl groups is 1. The monoisotopic (exact) mass is 577 g/mol. The van der Waals surface area contributed by atoms with E-state index in [1.165, 1.54) is 0 Å². The lowest BCUT2D eigenvalue weighted by molar-refractivity contribution is -0.266. The minimum absolute atomic E-state index is 0.0663. The number of aryl methyl sites for hydroxylation is 1. The summed E-state index contributed by atoms with van der Waals surface area (Å²) in [5, 5.41) is 18.8. The van der Waals surface area contributed by atoms with Crippen molar-refractivity contribution >= 4 is 40.3 Å². The van der Waals surface area contributed by atoms with Crippen LogP contribution in [-0.4, -0.2) is 46.4 Å². The number of anilines is 5. The lowest BCUT2D eigenvalue weighted by Crippen LogP contribution is -2.53. The average Bonchev–Trinajstić information content (AvgIpc) is 3.41. The number of carbonyl (C=O) groups is 2. The second-order valence-corrected chi connectivity index (χ2v) is 10.3. The molecule has 2 amide bonds. The van der Waals surface area contributed by atoms with Gasteiger partial charge in [-0.1, -0.05) is 0 Å². The fraction of sp³-hybridized carbons (Fsp3) is 0.226. The Bertz CT molecular complexity index is 1540. The molecule has 1 fully saturated rings. The molecule has 11 heteroatoms. The molecule has 5 rings (SSSR count). The molecule has 4 N–H and O–H groups in total. The van der Waals surface area contributed by atoms with Crippen molar-refractivity contribution in [3.05, 3.63) is 102 Å². The van der Waals surface area contributed by atoms with Crippen molar-refractivity contribution in [3.8, 4) is 0 Å². The lowest BCUT2D eigenvalue weighted by Gasteiger charge is -2.40. The molecular weight excluding hydrogens is 547 g/mol. The maximum Gasteiger partial charge on any atom is 0.417 e. The van der Waals surface area contributed by atoms with E-state index in [9.17, 15) is 27.9 Å². The quantitative estimate of drug-likeness (QED) is 0.211. The van der Waals surface area contributed by atoms with E-state index in [0.717, 1.165) is 11.4 Å². The highest BCUT2D eigenvalue weighted by atomic mass is 19.4. The summed E-state index contributed by atoms with van der Waals surface area (Å²) < 4.78 is 40.9. The normalized spacial score (nSPS) is 14.7. The van der Waals surface area contributed by atoms with E-state index < -0.39 is 24.6 Å². The van der Waals surface area contributed by atoms with Gasteiger partial charge >= 0.3 is 6.18 Å². The molecule has 1 aliphatic rings. The minimum Gasteiger partial charge on any atom is -0.380 e. The Balaban J connectivity index is 1.12. The molecule has 0 aliphatic carbocycles. The maximum atomic E-state index is 13.1. The molecule has 2 heterocycles. The van der Waals surface area contributed by atoms with Crippen molar-refractivity contribution in [1.82, 2.24) is 4.57 Å². The van der Waals surface area contributed by atoms with E-state index in [4.69, 9.17) is 0 Å². The van der Waals surface area contributed by atoms with Crippen LogP contribution in [0.25, 0.3) is 0 Å². The van der Waals surface area contributed by atoms with Crippen LogP contribution in [0.15, 0.2) is 91.1 Å². The molecule has 8 nitrogen and oxygen atoms in total. The van der Waals surface area contributed by atoms with Crippen molar-refractivity contribution in [2.24, 2.45) is 7.05 Å². The second kappa shape index (κ2) is 11.6. The number of hydrogen-bond donors (Lipinski definition) is 4. The first-order chi connectivity index (χ1) is 20.0. The summed E-state index contributed by atoms with van der Waals surface area (Å²) in [6, 6.07) is 24.7. The van der Waals surface area contributed by atoms with Crippen molar-refractivity contribution in [2.45, 2.75) is 24.6 Å². The molecule has 42 heavy (non-hydrogen) atoms. The van der Waals surface area contributed by atoms with E-state index in [2.05, 4.69) is 16.0 Å². The molecule has 0 radical (unpaired) electrons. The van der Waals surface area contributed by atoms with Gasteiger partial charge in [0.05, 0.1) is 0 Å². The van der Waals surface area contributed by atoms with Crippen LogP contribution in [0.2, 0.25) is 0 Å². The molecule has 0 atom stereocenters. The van der Waals surface area contributed by atoms with Gasteiger partial charge in [-0.2, -0.15) is 13.2 Å². The summed E-state index contributed by atoms with van der Waals surface area (Å²) >= 11 is 0. The zero-order chi connectivity index (χ0) is 29.9. The molecule has 1 aliphatic heterocycles. The molecule has 3 aromatic carbocycles. The van der Waals surface area contributed by atoms with E-state index in [1.54, 1.807) is 64.1 Å². The number of nitrogens with one attached hydrogen (secondary N) is 3. The van der Waals surface area contributed by atoms with Gasteiger partial charge in [0.15, 0.2) is 5.60 Å². The average molecular weight is 578 g/mol. The first-order valence-corrected chi connectivity index (χ1v) is 13.4. The number of carbonyl (C=O) groups excluding carboxylic acids is 2. The summed E-state index contributed by atoms with van der Waals surface area (Å²) in [5.41, 5.74) is 1.89. The Morgan fingerprint density at radius 3 is 1.74 bits per heavy atom. The topological polar surface area (TPSA) is 98.6 Å². The first kappa shape index (κ1) is 28.7. The SMILES string of the molecule is Cn1cccc1C(=O)Nc1ccc(Nc2ccc(NC(=O)c3ccc(N4CCC(O)(C(F)(F)F)CC4)cc3)cc2)cc1. The molecule has 4 aromatic rings. The molecule has 0 spiro atoms. The zero-order valence-corrected chi connectivity index (χ0v) is 22.8. The summed E-state index contributed by atoms with van der Waals surface area (Å²) in [6.45, 7) is 0.133. The van der Waals surface area contributed by atoms with E-state index >= 15 is 0 Å². The molecule has 0 unspecified atom stereocenters. The second-order valence-electron chi connectivity index (χ2n) is 10.3. The lowest BCUT2D eigenvalue weighted by atomic mass is 9.90. The summed E-state index contributed by atoms with van der Waals surface area (Å²) in [4.78, 5) is 26.9. The maximum absolute atomic E-state index is 13.1. The number of aromatic nitrogens is 1. The fourth-order valence-corrected chi connectivity index (χ4v) is 4.78. The van der Waals surface area contributed by atoms with Gasteiger partial charge in [-0.25, -0.2) is 0 Å². The predicted molar refractivity (Wildman–Crippen MR) is 156 cm³/mol. The van der Waals surface area contributed by atoms with E-state index in [0.29, 0.717) is 28.3 Å². The number of amides is 2. The third-order valence-corrected chi connectivity index (χ3v) is 7.36. The summed E-state index contributed by atoms with van der Waals surface area (Å²) in [5.74, 6) is -0.512. The van der Waals surface area contributed by atoms with Gasteiger partial charge in [-0.15, -0.1) is 0 Å². The number of benzene rings is 3. The van der Waals surface area contributed by atoms with Crippen LogP contribution in [0, 0.1) is 0 Å². The molecule has 0 saturated carbocycles. The highest BCUT2D eigenvalue weighted by Crippen LogP contribution is 2.39. The Morgan fingerprint density at radius 2 is 1.26 bits per heavy atom. The van der Waals surface area contributed by atoms with Crippen LogP contribution < -0.4 is 20.9 Å². The van der Waals surface area contributed by atoms with Crippen LogP contribution in [0.3, 0.4) is 0 Å². The highest BCUT2D eigenvalue weighted by Gasteiger charge is 2.54. The predicted octanol–water partition coefficient (Wildman–Crippen LogP) is 6.17. The van der Waals surface area contributed by atoms with Crippen molar-refractivity contribution in [1.29, 1.82) is 0 Å². The molecular formula is C31H30F3N5O3. The third kappa shape index (κ3) is 6.41. The number of alkyl halides is 3. The minimum atomic E-state index is -4.65. The van der Waals surface area contributed by atoms with Crippen LogP contribution in [0.1, 0.15) is 33.7 Å². The van der Waals surface area contributed by atoms with E-state index in [1.807, 2.05) is 43.6 Å². The van der Waals surface area contributed by atoms with Gasteiger partial charge in [0, 0.05) is 73.2 Å². The van der Waals surface area contributed by atoms with Crippen LogP contribution in [0.4, 0.5) is 41.6 Å². The van der Waals surface area contributed by atoms with Gasteiger partial charge in [0.25, 0.3) is 11.8 Å². The number of rotatable bonds is 7. The number of halogens is 3. The van der Waals surface area contributed by atoms with Crippen molar-refractivity contribution in [3.63, 3.8) is 0 Å². The first-order valence-electron chi connectivity index (χ1n) is 13.4. The third-order valence-electron chi connectivity index (χ3n) is 7.36. The van der Waals surface area contributed by atoms with Gasteiger partial charge in [-0.3, -0.25) is 9.59 Å². The van der Waals surface area contributed by atoms with Crippen LogP contribution in [-0.2, 0) is 7.05 Å². The molecule has 1 aromatic heterocycles. The Hall–Kier alpha value is -4.77. The van der Waals surface area contributed by atoms with Gasteiger partial charge in [0.2, 0.25) is 0 Å². The standard InChI is InChI=1S/C31H30F3N5O3/c1-38-18-2-3-27(38)29(41)37-25-12-8-23(9-13-25)35-22-6-10-24(11-7-22)36-28(40)21-4-14-26(15-5-21)39-19-16-30(42,17-20-39)31(32,33)34/h2-15,18,35,42H,16-17,19-20H2,1H3,(H,36,40)(H,37,41). The molecule has 1 saturated heterocycles. The Morgan fingerprint density at radius 1 is 0.762 bits per heavy atom. The molecule has 218 valence electrons. The Labute approximate surface area is 240 Å². The summed E-state index contributed by atoms with van der Waals surface area (Å²) in [7, 11) is 1.81. The Kier molecular flexibility index (Phi) is 7.95. The number of piperidine rings is 1. The molecule has 0 bridgehead atoms. The van der Waals surface area contributed by atoms with E-state index in [-0.39, 0.29) is 24.9 Å². The smallest absolute Gasteiger partial charge is 0.380 e. The van der Waals surface area contributed by atoms with Gasteiger partial charge < -0.3 is 30.5 Å². The summed E-state index contributed by atoms with van der Waals surface area (Å²) in [6.07, 6.45) is -3.64. The van der Waals surface area contributed by atoms with Crippen LogP contribution in [0.5, 0.6) is 0 Å². The van der Waals surface area contributed by atoms with Crippen molar-refractivity contribution < 1.29 is 27.9 Å². The highest BCUT2D eigenvalue weighted by molar-refractivity contribution is 6.04. The van der Waals surface area contributed by atoms with Gasteiger partial charge in [0.1, 0.15) is 5.69 Å². The number of nitrogens with zero attached hydrogens (tertiary/aromatic N) is 2. The number of hydrogen-bond acceptors (Lipinski definition) is 5. The van der Waals surface area contributed by atoms with Gasteiger partial charge in [-0.05, 0) is 84.9 Å². The zero-order valence-electron chi connectivity index (χ0n) is 22.8.